The van der Waals surface area contributed by atoms with Crippen molar-refractivity contribution < 1.29 is 9.59 Å². The maximum atomic E-state index is 12.7. The fourth-order valence-electron chi connectivity index (χ4n) is 3.03. The molecule has 6 nitrogen and oxygen atoms in total. The number of thioether (sulfide) groups is 1. The van der Waals surface area contributed by atoms with Gasteiger partial charge in [-0.3, -0.25) is 9.59 Å². The number of pyridine rings is 1. The summed E-state index contributed by atoms with van der Waals surface area (Å²) in [5, 5.41) is 15.3. The summed E-state index contributed by atoms with van der Waals surface area (Å²) >= 11 is 1.19. The predicted octanol–water partition coefficient (Wildman–Crippen LogP) is 5.25. The number of nitrogens with zero attached hydrogens (tertiary/aromatic N) is 2. The van der Waals surface area contributed by atoms with Gasteiger partial charge in [0.05, 0.1) is 22.1 Å². The third-order valence-corrected chi connectivity index (χ3v) is 5.99. The maximum absolute atomic E-state index is 12.7. The van der Waals surface area contributed by atoms with E-state index in [0.717, 1.165) is 16.8 Å². The molecule has 1 atom stereocenters. The van der Waals surface area contributed by atoms with Crippen molar-refractivity contribution in [3.63, 3.8) is 0 Å². The van der Waals surface area contributed by atoms with Gasteiger partial charge in [0.15, 0.2) is 0 Å². The normalized spacial score (nSPS) is 11.3. The number of nitrogens with one attached hydrogen (secondary N) is 2. The molecule has 32 heavy (non-hydrogen) atoms. The van der Waals surface area contributed by atoms with Crippen molar-refractivity contribution in [2.45, 2.75) is 38.0 Å². The number of hydrogen-bond donors (Lipinski definition) is 2. The number of hydrogen-bond acceptors (Lipinski definition) is 5. The van der Waals surface area contributed by atoms with Gasteiger partial charge in [-0.1, -0.05) is 42.1 Å². The molecule has 2 N–H and O–H groups in total. The van der Waals surface area contributed by atoms with E-state index in [0.29, 0.717) is 22.0 Å². The molecule has 1 heterocycles. The van der Waals surface area contributed by atoms with Crippen molar-refractivity contribution in [3.8, 4) is 6.07 Å². The molecule has 0 saturated carbocycles. The minimum atomic E-state index is -0.488. The lowest BCUT2D eigenvalue weighted by Gasteiger charge is -2.15. The van der Waals surface area contributed by atoms with E-state index in [2.05, 4.69) is 21.7 Å². The van der Waals surface area contributed by atoms with Crippen LogP contribution in [0.3, 0.4) is 0 Å². The number of aryl methyl sites for hydroxylation is 3. The lowest BCUT2D eigenvalue weighted by molar-refractivity contribution is -0.115. The van der Waals surface area contributed by atoms with Gasteiger partial charge in [0.2, 0.25) is 5.91 Å². The number of carbonyl (C=O) groups is 2. The van der Waals surface area contributed by atoms with E-state index < -0.39 is 5.25 Å². The first-order chi connectivity index (χ1) is 15.3. The second kappa shape index (κ2) is 10.1. The van der Waals surface area contributed by atoms with Gasteiger partial charge in [0.1, 0.15) is 11.1 Å². The fourth-order valence-corrected chi connectivity index (χ4v) is 3.95. The molecule has 0 bridgehead atoms. The van der Waals surface area contributed by atoms with Crippen molar-refractivity contribution in [1.29, 1.82) is 5.26 Å². The number of nitriles is 1. The second-order valence-electron chi connectivity index (χ2n) is 7.47. The highest BCUT2D eigenvalue weighted by Crippen LogP contribution is 2.28. The van der Waals surface area contributed by atoms with E-state index in [1.165, 1.54) is 17.8 Å². The first-order valence-electron chi connectivity index (χ1n) is 10.1. The van der Waals surface area contributed by atoms with E-state index in [9.17, 15) is 14.9 Å². The predicted molar refractivity (Wildman–Crippen MR) is 128 cm³/mol. The molecular formula is C25H24N4O2S. The molecule has 2 aromatic carbocycles. The Bertz CT molecular complexity index is 1200. The number of benzene rings is 2. The van der Waals surface area contributed by atoms with Gasteiger partial charge in [-0.2, -0.15) is 5.26 Å². The summed E-state index contributed by atoms with van der Waals surface area (Å²) in [6.07, 6.45) is 0. The SMILES string of the molecule is Cc1ccc(C)c(NC(=O)C(C)Sc2nc(C)c(C(=O)Nc3ccccc3)cc2C#N)c1. The Morgan fingerprint density at radius 3 is 2.44 bits per heavy atom. The quantitative estimate of drug-likeness (QED) is 0.506. The molecule has 0 aliphatic rings. The van der Waals surface area contributed by atoms with Crippen LogP contribution in [0.4, 0.5) is 11.4 Å². The van der Waals surface area contributed by atoms with Crippen LogP contribution < -0.4 is 10.6 Å². The van der Waals surface area contributed by atoms with Crippen molar-refractivity contribution in [2.24, 2.45) is 0 Å². The van der Waals surface area contributed by atoms with Gasteiger partial charge in [-0.05, 0) is 63.1 Å². The van der Waals surface area contributed by atoms with Gasteiger partial charge < -0.3 is 10.6 Å². The molecule has 7 heteroatoms. The van der Waals surface area contributed by atoms with Crippen molar-refractivity contribution >= 4 is 35.0 Å². The molecule has 0 aliphatic heterocycles. The Labute approximate surface area is 192 Å². The largest absolute Gasteiger partial charge is 0.325 e. The third-order valence-electron chi connectivity index (χ3n) is 4.88. The Morgan fingerprint density at radius 2 is 1.75 bits per heavy atom. The van der Waals surface area contributed by atoms with E-state index in [4.69, 9.17) is 0 Å². The van der Waals surface area contributed by atoms with Gasteiger partial charge in [0.25, 0.3) is 5.91 Å². The number of carbonyl (C=O) groups excluding carboxylic acids is 2. The number of anilines is 2. The van der Waals surface area contributed by atoms with Gasteiger partial charge >= 0.3 is 0 Å². The van der Waals surface area contributed by atoms with Crippen LogP contribution in [0.5, 0.6) is 0 Å². The molecule has 0 saturated heterocycles. The summed E-state index contributed by atoms with van der Waals surface area (Å²) in [6.45, 7) is 7.38. The first kappa shape index (κ1) is 23.0. The van der Waals surface area contributed by atoms with Crippen LogP contribution in [0.1, 0.15) is 39.7 Å². The smallest absolute Gasteiger partial charge is 0.257 e. The Hall–Kier alpha value is -3.63. The highest BCUT2D eigenvalue weighted by molar-refractivity contribution is 8.00. The van der Waals surface area contributed by atoms with Crippen LogP contribution >= 0.6 is 11.8 Å². The lowest BCUT2D eigenvalue weighted by Crippen LogP contribution is -2.23. The zero-order valence-corrected chi connectivity index (χ0v) is 19.2. The number of amides is 2. The minimum Gasteiger partial charge on any atom is -0.325 e. The number of aromatic nitrogens is 1. The summed E-state index contributed by atoms with van der Waals surface area (Å²) in [5.74, 6) is -0.520. The van der Waals surface area contributed by atoms with E-state index in [1.807, 2.05) is 50.2 Å². The zero-order valence-electron chi connectivity index (χ0n) is 18.4. The zero-order chi connectivity index (χ0) is 23.3. The van der Waals surface area contributed by atoms with E-state index in [1.54, 1.807) is 26.0 Å². The van der Waals surface area contributed by atoms with E-state index in [-0.39, 0.29) is 17.4 Å². The highest BCUT2D eigenvalue weighted by Gasteiger charge is 2.21. The molecule has 3 aromatic rings. The van der Waals surface area contributed by atoms with Crippen LogP contribution in [0.2, 0.25) is 0 Å². The topological polar surface area (TPSA) is 94.9 Å². The van der Waals surface area contributed by atoms with Crippen LogP contribution in [0.25, 0.3) is 0 Å². The lowest BCUT2D eigenvalue weighted by atomic mass is 10.1. The van der Waals surface area contributed by atoms with E-state index >= 15 is 0 Å². The highest BCUT2D eigenvalue weighted by atomic mass is 32.2. The maximum Gasteiger partial charge on any atom is 0.257 e. The molecule has 0 fully saturated rings. The standard InChI is InChI=1S/C25H24N4O2S/c1-15-10-11-16(2)22(12-15)29-23(30)18(4)32-25-19(14-26)13-21(17(3)27-25)24(31)28-20-8-6-5-7-9-20/h5-13,18H,1-4H3,(H,28,31)(H,29,30). The summed E-state index contributed by atoms with van der Waals surface area (Å²) in [5.41, 5.74) is 4.52. The molecule has 2 amide bonds. The average Bonchev–Trinajstić information content (AvgIpc) is 2.77. The van der Waals surface area contributed by atoms with Crippen LogP contribution in [-0.4, -0.2) is 22.0 Å². The first-order valence-corrected chi connectivity index (χ1v) is 11.0. The van der Waals surface area contributed by atoms with Crippen LogP contribution in [-0.2, 0) is 4.79 Å². The minimum absolute atomic E-state index is 0.182. The third kappa shape index (κ3) is 5.54. The Morgan fingerprint density at radius 1 is 1.03 bits per heavy atom. The molecular weight excluding hydrogens is 420 g/mol. The fraction of sp³-hybridized carbons (Fsp3) is 0.200. The molecule has 1 aromatic heterocycles. The van der Waals surface area contributed by atoms with Crippen LogP contribution in [0, 0.1) is 32.1 Å². The molecule has 0 spiro atoms. The Balaban J connectivity index is 1.77. The van der Waals surface area contributed by atoms with Crippen molar-refractivity contribution in [1.82, 2.24) is 4.98 Å². The molecule has 0 radical (unpaired) electrons. The molecule has 1 unspecified atom stereocenters. The average molecular weight is 445 g/mol. The van der Waals surface area contributed by atoms with Gasteiger partial charge in [-0.25, -0.2) is 4.98 Å². The van der Waals surface area contributed by atoms with Gasteiger partial charge in [-0.15, -0.1) is 0 Å². The summed E-state index contributed by atoms with van der Waals surface area (Å²) in [4.78, 5) is 29.9. The molecule has 3 rings (SSSR count). The van der Waals surface area contributed by atoms with Crippen molar-refractivity contribution in [2.75, 3.05) is 10.6 Å². The number of para-hydroxylation sites is 1. The monoisotopic (exact) mass is 444 g/mol. The summed E-state index contributed by atoms with van der Waals surface area (Å²) < 4.78 is 0. The van der Waals surface area contributed by atoms with Crippen LogP contribution in [0.15, 0.2) is 59.6 Å². The van der Waals surface area contributed by atoms with Crippen molar-refractivity contribution in [3.05, 3.63) is 82.5 Å². The second-order valence-corrected chi connectivity index (χ2v) is 8.80. The molecule has 0 aliphatic carbocycles. The number of rotatable bonds is 6. The summed E-state index contributed by atoms with van der Waals surface area (Å²) in [6, 6.07) is 18.6. The Kier molecular flexibility index (Phi) is 7.29. The van der Waals surface area contributed by atoms with Gasteiger partial charge in [0, 0.05) is 11.4 Å². The summed E-state index contributed by atoms with van der Waals surface area (Å²) in [7, 11) is 0. The molecule has 162 valence electrons.